The van der Waals surface area contributed by atoms with Gasteiger partial charge in [-0.1, -0.05) is 6.92 Å². The second-order valence-electron chi connectivity index (χ2n) is 6.15. The van der Waals surface area contributed by atoms with E-state index in [1.54, 1.807) is 0 Å². The van der Waals surface area contributed by atoms with Crippen molar-refractivity contribution in [1.82, 2.24) is 0 Å². The molecule has 0 aromatic heterocycles. The summed E-state index contributed by atoms with van der Waals surface area (Å²) in [5.74, 6) is 0. The molecule has 192 valence electrons. The van der Waals surface area contributed by atoms with Crippen molar-refractivity contribution in [3.63, 3.8) is 0 Å². The Balaban J connectivity index is 3.74. The molecule has 0 aromatic rings. The summed E-state index contributed by atoms with van der Waals surface area (Å²) in [4.78, 5) is 77.3. The minimum atomic E-state index is -5.69. The van der Waals surface area contributed by atoms with Crippen molar-refractivity contribution >= 4 is 31.3 Å². The third-order valence-electron chi connectivity index (χ3n) is 3.62. The summed E-state index contributed by atoms with van der Waals surface area (Å²) in [5, 5.41) is 9.27. The van der Waals surface area contributed by atoms with Crippen LogP contribution in [0.1, 0.15) is 13.3 Å². The molecule has 0 radical (unpaired) electrons. The van der Waals surface area contributed by atoms with Crippen molar-refractivity contribution in [3.05, 3.63) is 0 Å². The smallest absolute Gasteiger partial charge is 0.372 e. The molecule has 0 heterocycles. The van der Waals surface area contributed by atoms with Crippen LogP contribution in [0, 0.1) is 0 Å². The fourth-order valence-electron chi connectivity index (χ4n) is 2.80. The maximum absolute atomic E-state index is 11.4. The predicted octanol–water partition coefficient (Wildman–Crippen LogP) is -1.44. The molecule has 0 aliphatic heterocycles. The van der Waals surface area contributed by atoms with Crippen molar-refractivity contribution in [2.24, 2.45) is 0 Å². The lowest BCUT2D eigenvalue weighted by Crippen LogP contribution is -2.66. The highest BCUT2D eigenvalue weighted by molar-refractivity contribution is 7.47. The quantitative estimate of drug-likeness (QED) is 0.0752. The maximum atomic E-state index is 11.4. The van der Waals surface area contributed by atoms with Crippen LogP contribution in [0.4, 0.5) is 0 Å². The van der Waals surface area contributed by atoms with Gasteiger partial charge in [-0.2, -0.15) is 0 Å². The zero-order valence-corrected chi connectivity index (χ0v) is 19.4. The molecule has 1 fully saturated rings. The van der Waals surface area contributed by atoms with E-state index in [0.717, 1.165) is 0 Å². The summed E-state index contributed by atoms with van der Waals surface area (Å²) in [6.45, 7) is 1.23. The van der Waals surface area contributed by atoms with Gasteiger partial charge < -0.3 is 43.9 Å². The van der Waals surface area contributed by atoms with E-state index in [0.29, 0.717) is 0 Å². The highest BCUT2D eigenvalue weighted by Crippen LogP contribution is 2.53. The SMILES string of the molecule is CCCO[C@@H]1C(OP(=O)(O)O)C(OP(=O)(O)O)[C@@H](OP(=O)(O)O)[C@@H](OP(=O)(O)O)C1OO. The molecule has 0 spiro atoms. The van der Waals surface area contributed by atoms with Crippen molar-refractivity contribution < 1.29 is 90.4 Å². The number of hydrogen-bond acceptors (Lipinski definition) is 11. The lowest BCUT2D eigenvalue weighted by molar-refractivity contribution is -0.347. The second-order valence-corrected chi connectivity index (χ2v) is 10.9. The highest BCUT2D eigenvalue weighted by Gasteiger charge is 2.60. The molecule has 0 aromatic carbocycles. The van der Waals surface area contributed by atoms with E-state index in [9.17, 15) is 43.1 Å². The summed E-state index contributed by atoms with van der Waals surface area (Å²) in [5.41, 5.74) is 0. The van der Waals surface area contributed by atoms with E-state index in [-0.39, 0.29) is 13.0 Å². The van der Waals surface area contributed by atoms with E-state index in [4.69, 9.17) is 24.3 Å². The summed E-state index contributed by atoms with van der Waals surface area (Å²) >= 11 is 0. The van der Waals surface area contributed by atoms with Crippen LogP contribution in [0.25, 0.3) is 0 Å². The van der Waals surface area contributed by atoms with Gasteiger partial charge in [0.05, 0.1) is 0 Å². The number of phosphoric ester groups is 4. The van der Waals surface area contributed by atoms with Gasteiger partial charge in [0.15, 0.2) is 6.10 Å². The molecule has 19 nitrogen and oxygen atoms in total. The van der Waals surface area contributed by atoms with Crippen LogP contribution < -0.4 is 0 Å². The molecule has 3 unspecified atom stereocenters. The Hall–Kier alpha value is 0.320. The van der Waals surface area contributed by atoms with Gasteiger partial charge >= 0.3 is 31.3 Å². The van der Waals surface area contributed by atoms with E-state index in [2.05, 4.69) is 23.0 Å². The summed E-state index contributed by atoms with van der Waals surface area (Å²) < 4.78 is 68.2. The molecule has 1 aliphatic carbocycles. The minimum absolute atomic E-state index is 0.188. The number of ether oxygens (including phenoxy) is 1. The van der Waals surface area contributed by atoms with E-state index >= 15 is 0 Å². The second kappa shape index (κ2) is 11.4. The van der Waals surface area contributed by atoms with Crippen molar-refractivity contribution in [3.8, 4) is 0 Å². The Morgan fingerprint density at radius 2 is 0.844 bits per heavy atom. The van der Waals surface area contributed by atoms with Crippen LogP contribution in [-0.4, -0.2) is 87.6 Å². The van der Waals surface area contributed by atoms with Crippen LogP contribution in [0.2, 0.25) is 0 Å². The van der Waals surface area contributed by atoms with Crippen LogP contribution in [0.5, 0.6) is 0 Å². The molecular weight excluding hydrogens is 536 g/mol. The largest absolute Gasteiger partial charge is 0.470 e. The van der Waals surface area contributed by atoms with Gasteiger partial charge in [0.1, 0.15) is 30.5 Å². The van der Waals surface area contributed by atoms with E-state index < -0.39 is 67.9 Å². The van der Waals surface area contributed by atoms with Gasteiger partial charge in [0.25, 0.3) is 0 Å². The van der Waals surface area contributed by atoms with E-state index in [1.165, 1.54) is 6.92 Å². The van der Waals surface area contributed by atoms with Crippen LogP contribution in [0.15, 0.2) is 0 Å². The topological polar surface area (TPSA) is 306 Å². The molecule has 1 rings (SSSR count). The highest BCUT2D eigenvalue weighted by atomic mass is 31.2. The normalized spacial score (nSPS) is 30.4. The molecule has 23 heteroatoms. The minimum Gasteiger partial charge on any atom is -0.372 e. The Labute approximate surface area is 179 Å². The zero-order valence-electron chi connectivity index (χ0n) is 15.8. The van der Waals surface area contributed by atoms with Gasteiger partial charge in [-0.3, -0.25) is 23.4 Å². The molecule has 6 atom stereocenters. The van der Waals surface area contributed by atoms with Crippen LogP contribution in [-0.2, 0) is 46.0 Å². The Morgan fingerprint density at radius 3 is 1.09 bits per heavy atom. The number of rotatable bonds is 12. The number of phosphoric acid groups is 4. The third kappa shape index (κ3) is 10.3. The lowest BCUT2D eigenvalue weighted by atomic mass is 9.85. The first-order valence-electron chi connectivity index (χ1n) is 8.15. The average molecular weight is 558 g/mol. The molecule has 1 aliphatic rings. The van der Waals surface area contributed by atoms with Crippen LogP contribution in [0.3, 0.4) is 0 Å². The van der Waals surface area contributed by atoms with Gasteiger partial charge in [-0.05, 0) is 6.42 Å². The fourth-order valence-corrected chi connectivity index (χ4v) is 5.03. The maximum Gasteiger partial charge on any atom is 0.470 e. The summed E-state index contributed by atoms with van der Waals surface area (Å²) in [7, 11) is -22.5. The van der Waals surface area contributed by atoms with Gasteiger partial charge in [-0.15, -0.1) is 0 Å². The predicted molar refractivity (Wildman–Crippen MR) is 95.2 cm³/mol. The molecule has 32 heavy (non-hydrogen) atoms. The van der Waals surface area contributed by atoms with Gasteiger partial charge in [0.2, 0.25) is 0 Å². The van der Waals surface area contributed by atoms with Crippen molar-refractivity contribution in [1.29, 1.82) is 0 Å². The van der Waals surface area contributed by atoms with Crippen LogP contribution >= 0.6 is 31.3 Å². The summed E-state index contributed by atoms with van der Waals surface area (Å²) in [6.07, 6.45) is -14.3. The first-order chi connectivity index (χ1) is 14.3. The van der Waals surface area contributed by atoms with Crippen molar-refractivity contribution in [2.75, 3.05) is 6.61 Å². The Bertz CT molecular complexity index is 793. The molecule has 0 bridgehead atoms. The zero-order chi connectivity index (χ0) is 25.1. The molecule has 0 amide bonds. The Morgan fingerprint density at radius 1 is 0.562 bits per heavy atom. The fraction of sp³-hybridized carbons (Fsp3) is 1.00. The average Bonchev–Trinajstić information content (AvgIpc) is 2.54. The molecular formula is C9H22O19P4. The van der Waals surface area contributed by atoms with Crippen molar-refractivity contribution in [2.45, 2.75) is 50.0 Å². The Kier molecular flexibility index (Phi) is 10.8. The number of hydrogen-bond donors (Lipinski definition) is 9. The standard InChI is InChI=1S/C9H22O19P4/c1-2-3-23-4-5(24-10)7(26-30(14,15)16)9(28-32(20,21)22)8(27-31(17,18)19)6(4)25-29(11,12)13/h4-10H,2-3H2,1H3,(H2,11,12,13)(H2,14,15,16)(H2,17,18,19)(H2,20,21,22)/t4-,5?,6?,7-,8?,9-/m0/s1. The van der Waals surface area contributed by atoms with Gasteiger partial charge in [-0.25, -0.2) is 23.1 Å². The first-order valence-corrected chi connectivity index (χ1v) is 14.3. The lowest BCUT2D eigenvalue weighted by Gasteiger charge is -2.47. The monoisotopic (exact) mass is 558 g/mol. The third-order valence-corrected chi connectivity index (χ3v) is 5.69. The molecule has 1 saturated carbocycles. The molecule has 0 saturated heterocycles. The molecule has 9 N–H and O–H groups in total. The first kappa shape index (κ1) is 30.4. The summed E-state index contributed by atoms with van der Waals surface area (Å²) in [6, 6.07) is 0. The van der Waals surface area contributed by atoms with Gasteiger partial charge in [0, 0.05) is 6.61 Å². The van der Waals surface area contributed by atoms with E-state index in [1.807, 2.05) is 0 Å².